The fourth-order valence-corrected chi connectivity index (χ4v) is 4.12. The molecule has 2 heterocycles. The Kier molecular flexibility index (Phi) is 5.51. The van der Waals surface area contributed by atoms with Crippen LogP contribution in [0.5, 0.6) is 0 Å². The maximum Gasteiger partial charge on any atom is 0.267 e. The van der Waals surface area contributed by atoms with Crippen molar-refractivity contribution >= 4 is 28.5 Å². The van der Waals surface area contributed by atoms with Crippen LogP contribution in [0.3, 0.4) is 0 Å². The number of fused-ring (bicyclic) bond motifs is 1. The van der Waals surface area contributed by atoms with Gasteiger partial charge in [-0.25, -0.2) is 4.98 Å². The van der Waals surface area contributed by atoms with Gasteiger partial charge in [0.25, 0.3) is 5.91 Å². The van der Waals surface area contributed by atoms with Crippen LogP contribution in [-0.4, -0.2) is 32.4 Å². The molecular weight excluding hydrogens is 418 g/mol. The van der Waals surface area contributed by atoms with E-state index in [0.717, 1.165) is 11.3 Å². The molecule has 2 aromatic carbocycles. The topological polar surface area (TPSA) is 134 Å². The van der Waals surface area contributed by atoms with E-state index in [1.807, 2.05) is 19.1 Å². The van der Waals surface area contributed by atoms with Crippen LogP contribution in [0.4, 0.5) is 0 Å². The molecule has 0 bridgehead atoms. The fourth-order valence-electron chi connectivity index (χ4n) is 4.12. The van der Waals surface area contributed by atoms with Gasteiger partial charge in [-0.05, 0) is 32.4 Å². The molecule has 0 saturated heterocycles. The molecule has 0 aliphatic heterocycles. The van der Waals surface area contributed by atoms with Crippen LogP contribution in [0.2, 0.25) is 0 Å². The molecule has 0 radical (unpaired) electrons. The minimum Gasteiger partial charge on any atom is -0.366 e. The van der Waals surface area contributed by atoms with E-state index in [-0.39, 0.29) is 17.0 Å². The molecule has 166 valence electrons. The molecule has 4 rings (SSSR count). The van der Waals surface area contributed by atoms with Crippen LogP contribution in [-0.2, 0) is 6.54 Å². The number of amides is 2. The van der Waals surface area contributed by atoms with Crippen molar-refractivity contribution < 1.29 is 14.4 Å². The van der Waals surface area contributed by atoms with E-state index in [9.17, 15) is 14.4 Å². The van der Waals surface area contributed by atoms with Gasteiger partial charge in [-0.1, -0.05) is 42.5 Å². The van der Waals surface area contributed by atoms with Crippen LogP contribution >= 0.6 is 0 Å². The molecule has 4 aromatic rings. The molecule has 33 heavy (non-hydrogen) atoms. The lowest BCUT2D eigenvalue weighted by molar-refractivity contribution is 0.0992. The number of benzene rings is 2. The van der Waals surface area contributed by atoms with Crippen molar-refractivity contribution in [2.24, 2.45) is 11.5 Å². The van der Waals surface area contributed by atoms with Crippen LogP contribution in [0.1, 0.15) is 55.1 Å². The lowest BCUT2D eigenvalue weighted by atomic mass is 9.92. The van der Waals surface area contributed by atoms with E-state index in [1.54, 1.807) is 48.0 Å². The molecule has 2 amide bonds. The van der Waals surface area contributed by atoms with Crippen LogP contribution in [0.25, 0.3) is 22.0 Å². The lowest BCUT2D eigenvalue weighted by Gasteiger charge is -2.14. The van der Waals surface area contributed by atoms with Gasteiger partial charge >= 0.3 is 0 Å². The Morgan fingerprint density at radius 2 is 1.58 bits per heavy atom. The number of hydrogen-bond acceptors (Lipinski definition) is 5. The van der Waals surface area contributed by atoms with Crippen molar-refractivity contribution in [2.75, 3.05) is 0 Å². The Bertz CT molecular complexity index is 1430. The number of Topliss-reactive ketones (excluding diaryl/α,β-unsaturated/α-hetero) is 1. The average Bonchev–Trinajstić information content (AvgIpc) is 3.05. The molecule has 0 unspecified atom stereocenters. The molecule has 0 aliphatic rings. The summed E-state index contributed by atoms with van der Waals surface area (Å²) in [4.78, 5) is 40.9. The first-order valence-electron chi connectivity index (χ1n) is 10.4. The lowest BCUT2D eigenvalue weighted by Crippen LogP contribution is -2.21. The van der Waals surface area contributed by atoms with E-state index in [1.165, 1.54) is 6.92 Å². The highest BCUT2D eigenvalue weighted by Crippen LogP contribution is 2.36. The molecule has 0 saturated carbocycles. The first kappa shape index (κ1) is 21.9. The zero-order valence-corrected chi connectivity index (χ0v) is 18.5. The van der Waals surface area contributed by atoms with Gasteiger partial charge in [0.2, 0.25) is 5.91 Å². The monoisotopic (exact) mass is 441 g/mol. The number of carbonyl (C=O) groups is 3. The normalized spacial score (nSPS) is 11.0. The highest BCUT2D eigenvalue weighted by molar-refractivity contribution is 6.15. The van der Waals surface area contributed by atoms with Crippen molar-refractivity contribution in [3.8, 4) is 11.1 Å². The molecule has 2 aromatic heterocycles. The van der Waals surface area contributed by atoms with Gasteiger partial charge in [0.05, 0.1) is 23.3 Å². The van der Waals surface area contributed by atoms with Gasteiger partial charge in [-0.15, -0.1) is 0 Å². The van der Waals surface area contributed by atoms with Gasteiger partial charge in [0.1, 0.15) is 5.69 Å². The molecule has 0 fully saturated rings. The predicted octanol–water partition coefficient (Wildman–Crippen LogP) is 3.16. The summed E-state index contributed by atoms with van der Waals surface area (Å²) in [6, 6.07) is 14.3. The summed E-state index contributed by atoms with van der Waals surface area (Å²) in [6.07, 6.45) is 0. The van der Waals surface area contributed by atoms with Crippen LogP contribution in [0, 0.1) is 13.8 Å². The third-order valence-electron chi connectivity index (χ3n) is 5.70. The third kappa shape index (κ3) is 3.87. The minimum absolute atomic E-state index is 0.00304. The molecule has 0 aliphatic carbocycles. The molecule has 0 spiro atoms. The fraction of sp³-hybridized carbons (Fsp3) is 0.160. The van der Waals surface area contributed by atoms with Crippen LogP contribution < -0.4 is 11.5 Å². The Labute approximate surface area is 190 Å². The molecule has 8 nitrogen and oxygen atoms in total. The highest BCUT2D eigenvalue weighted by atomic mass is 16.1. The third-order valence-corrected chi connectivity index (χ3v) is 5.70. The second-order valence-corrected chi connectivity index (χ2v) is 7.91. The standard InChI is InChI=1S/C25H23N5O3/c1-13-20(14(2)30(29-13)12-16-8-10-17(11-9-16)15(3)31)22-21(24(26)32)18-6-4-5-7-19(18)28-23(22)25(27)33/h4-11H,12H2,1-3H3,(H2,26,32)(H2,27,33). The highest BCUT2D eigenvalue weighted by Gasteiger charge is 2.27. The van der Waals surface area contributed by atoms with Crippen LogP contribution in [0.15, 0.2) is 48.5 Å². The summed E-state index contributed by atoms with van der Waals surface area (Å²) in [6.45, 7) is 5.60. The number of carbonyl (C=O) groups excluding carboxylic acids is 3. The summed E-state index contributed by atoms with van der Waals surface area (Å²) in [7, 11) is 0. The number of nitrogens with two attached hydrogens (primary N) is 2. The number of para-hydroxylation sites is 1. The molecular formula is C25H23N5O3. The second-order valence-electron chi connectivity index (χ2n) is 7.91. The first-order valence-corrected chi connectivity index (χ1v) is 10.4. The molecule has 8 heteroatoms. The van der Waals surface area contributed by atoms with E-state index >= 15 is 0 Å². The van der Waals surface area contributed by atoms with Gasteiger partial charge in [0, 0.05) is 27.8 Å². The number of ketones is 1. The summed E-state index contributed by atoms with van der Waals surface area (Å²) in [5.74, 6) is -1.45. The van der Waals surface area contributed by atoms with Gasteiger partial charge in [-0.3, -0.25) is 19.1 Å². The van der Waals surface area contributed by atoms with Crippen molar-refractivity contribution in [1.82, 2.24) is 14.8 Å². The number of pyridine rings is 1. The average molecular weight is 441 g/mol. The summed E-state index contributed by atoms with van der Waals surface area (Å²) >= 11 is 0. The van der Waals surface area contributed by atoms with Crippen molar-refractivity contribution in [3.63, 3.8) is 0 Å². The predicted molar refractivity (Wildman–Crippen MR) is 125 cm³/mol. The Morgan fingerprint density at radius 1 is 0.909 bits per heavy atom. The zero-order valence-electron chi connectivity index (χ0n) is 18.5. The number of rotatable bonds is 6. The number of hydrogen-bond donors (Lipinski definition) is 2. The number of aryl methyl sites for hydroxylation is 1. The van der Waals surface area contributed by atoms with Crippen molar-refractivity contribution in [1.29, 1.82) is 0 Å². The quantitative estimate of drug-likeness (QED) is 0.443. The Morgan fingerprint density at radius 3 is 2.18 bits per heavy atom. The Hall–Kier alpha value is -4.33. The first-order chi connectivity index (χ1) is 15.7. The SMILES string of the molecule is CC(=O)c1ccc(Cn2nc(C)c(-c3c(C(N)=O)nc4ccccc4c3C(N)=O)c2C)cc1. The van der Waals surface area contributed by atoms with Crippen molar-refractivity contribution in [3.05, 3.63) is 82.3 Å². The van der Waals surface area contributed by atoms with Gasteiger partial charge in [0.15, 0.2) is 5.78 Å². The number of aromatic nitrogens is 3. The largest absolute Gasteiger partial charge is 0.366 e. The van der Waals surface area contributed by atoms with Crippen molar-refractivity contribution in [2.45, 2.75) is 27.3 Å². The maximum atomic E-state index is 12.6. The van der Waals surface area contributed by atoms with Gasteiger partial charge in [-0.2, -0.15) is 5.10 Å². The van der Waals surface area contributed by atoms with E-state index in [2.05, 4.69) is 10.1 Å². The van der Waals surface area contributed by atoms with E-state index in [4.69, 9.17) is 11.5 Å². The number of primary amides is 2. The van der Waals surface area contributed by atoms with E-state index in [0.29, 0.717) is 39.8 Å². The maximum absolute atomic E-state index is 12.6. The molecule has 0 atom stereocenters. The molecule has 4 N–H and O–H groups in total. The summed E-state index contributed by atoms with van der Waals surface area (Å²) < 4.78 is 1.78. The Balaban J connectivity index is 1.92. The van der Waals surface area contributed by atoms with Gasteiger partial charge < -0.3 is 11.5 Å². The second kappa shape index (κ2) is 8.31. The summed E-state index contributed by atoms with van der Waals surface area (Å²) in [5.41, 5.74) is 15.9. The smallest absolute Gasteiger partial charge is 0.267 e. The number of nitrogens with zero attached hydrogens (tertiary/aromatic N) is 3. The summed E-state index contributed by atoms with van der Waals surface area (Å²) in [5, 5.41) is 5.18. The minimum atomic E-state index is -0.760. The van der Waals surface area contributed by atoms with E-state index < -0.39 is 11.8 Å². The zero-order chi connectivity index (χ0) is 23.9.